The van der Waals surface area contributed by atoms with Crippen LogP contribution in [0.15, 0.2) is 18.2 Å². The van der Waals surface area contributed by atoms with Crippen molar-refractivity contribution in [1.82, 2.24) is 0 Å². The summed E-state index contributed by atoms with van der Waals surface area (Å²) in [7, 11) is 3.29. The number of nitrogens with two attached hydrogens (primary N) is 1. The predicted molar refractivity (Wildman–Crippen MR) is 50.2 cm³/mol. The molecule has 5 heteroatoms. The molecule has 0 aliphatic heterocycles. The first kappa shape index (κ1) is 10.7. The normalized spacial score (nSPS) is 11.5. The Labute approximate surface area is 80.1 Å². The molecule has 0 heterocycles. The van der Waals surface area contributed by atoms with E-state index in [1.165, 1.54) is 6.07 Å². The fourth-order valence-corrected chi connectivity index (χ4v) is 1.19. The Hall–Kier alpha value is -1.39. The van der Waals surface area contributed by atoms with Crippen LogP contribution in [0.3, 0.4) is 0 Å². The van der Waals surface area contributed by atoms with E-state index >= 15 is 0 Å². The van der Waals surface area contributed by atoms with Gasteiger partial charge in [-0.05, 0) is 12.1 Å². The van der Waals surface area contributed by atoms with Crippen molar-refractivity contribution in [2.45, 2.75) is 6.18 Å². The molecule has 0 fully saturated rings. The first-order valence-electron chi connectivity index (χ1n) is 3.97. The quantitative estimate of drug-likeness (QED) is 0.711. The summed E-state index contributed by atoms with van der Waals surface area (Å²) < 4.78 is 37.2. The second-order valence-corrected chi connectivity index (χ2v) is 3.13. The summed E-state index contributed by atoms with van der Waals surface area (Å²) in [6, 6.07) is 3.86. The van der Waals surface area contributed by atoms with E-state index in [1.54, 1.807) is 25.1 Å². The largest absolute Gasteiger partial charge is 0.418 e. The smallest absolute Gasteiger partial charge is 0.397 e. The van der Waals surface area contributed by atoms with E-state index in [4.69, 9.17) is 5.73 Å². The van der Waals surface area contributed by atoms with Crippen molar-refractivity contribution >= 4 is 11.4 Å². The minimum absolute atomic E-state index is 0.231. The molecule has 0 radical (unpaired) electrons. The van der Waals surface area contributed by atoms with Crippen molar-refractivity contribution in [1.29, 1.82) is 0 Å². The molecule has 0 amide bonds. The van der Waals surface area contributed by atoms with Crippen molar-refractivity contribution in [3.8, 4) is 0 Å². The first-order valence-corrected chi connectivity index (χ1v) is 3.97. The molecule has 1 aromatic carbocycles. The minimum atomic E-state index is -4.39. The Morgan fingerprint density at radius 3 is 2.21 bits per heavy atom. The zero-order chi connectivity index (χ0) is 10.9. The Kier molecular flexibility index (Phi) is 2.59. The fraction of sp³-hybridized carbons (Fsp3) is 0.333. The Morgan fingerprint density at radius 2 is 1.79 bits per heavy atom. The second-order valence-electron chi connectivity index (χ2n) is 3.13. The molecule has 0 aliphatic rings. The Balaban J connectivity index is 3.28. The number of nitrogen functional groups attached to an aromatic ring is 1. The van der Waals surface area contributed by atoms with Crippen LogP contribution in [0.4, 0.5) is 24.5 Å². The van der Waals surface area contributed by atoms with Gasteiger partial charge in [-0.15, -0.1) is 0 Å². The van der Waals surface area contributed by atoms with Crippen molar-refractivity contribution in [3.63, 3.8) is 0 Å². The van der Waals surface area contributed by atoms with E-state index < -0.39 is 11.7 Å². The predicted octanol–water partition coefficient (Wildman–Crippen LogP) is 2.35. The van der Waals surface area contributed by atoms with E-state index in [0.717, 1.165) is 6.07 Å². The van der Waals surface area contributed by atoms with Crippen LogP contribution in [-0.2, 0) is 6.18 Å². The molecule has 0 saturated heterocycles. The molecule has 1 rings (SSSR count). The molecule has 0 aromatic heterocycles. The van der Waals surface area contributed by atoms with Crippen LogP contribution in [0.1, 0.15) is 5.56 Å². The van der Waals surface area contributed by atoms with Crippen molar-refractivity contribution in [2.75, 3.05) is 24.7 Å². The van der Waals surface area contributed by atoms with E-state index in [-0.39, 0.29) is 5.69 Å². The van der Waals surface area contributed by atoms with E-state index in [9.17, 15) is 13.2 Å². The van der Waals surface area contributed by atoms with Crippen LogP contribution < -0.4 is 10.6 Å². The highest BCUT2D eigenvalue weighted by Gasteiger charge is 2.33. The maximum atomic E-state index is 12.4. The SMILES string of the molecule is CN(C)c1cccc(C(F)(F)F)c1N. The molecule has 0 spiro atoms. The average molecular weight is 204 g/mol. The molecule has 0 atom stereocenters. The summed E-state index contributed by atoms with van der Waals surface area (Å²) in [5.74, 6) is 0. The van der Waals surface area contributed by atoms with E-state index in [2.05, 4.69) is 0 Å². The molecule has 78 valence electrons. The third-order valence-electron chi connectivity index (χ3n) is 1.87. The lowest BCUT2D eigenvalue weighted by atomic mass is 10.1. The highest BCUT2D eigenvalue weighted by molar-refractivity contribution is 5.71. The molecule has 1 aromatic rings. The fourth-order valence-electron chi connectivity index (χ4n) is 1.19. The number of hydrogen-bond acceptors (Lipinski definition) is 2. The summed E-state index contributed by atoms with van der Waals surface area (Å²) in [4.78, 5) is 1.55. The summed E-state index contributed by atoms with van der Waals surface area (Å²) in [5.41, 5.74) is 4.76. The molecule has 14 heavy (non-hydrogen) atoms. The molecule has 0 aliphatic carbocycles. The number of nitrogens with zero attached hydrogens (tertiary/aromatic N) is 1. The van der Waals surface area contributed by atoms with Crippen LogP contribution >= 0.6 is 0 Å². The van der Waals surface area contributed by atoms with Crippen LogP contribution in [-0.4, -0.2) is 14.1 Å². The summed E-state index contributed by atoms with van der Waals surface area (Å²) in [5, 5.41) is 0. The van der Waals surface area contributed by atoms with Gasteiger partial charge in [0.15, 0.2) is 0 Å². The van der Waals surface area contributed by atoms with Gasteiger partial charge in [0.05, 0.1) is 16.9 Å². The molecular weight excluding hydrogens is 193 g/mol. The third-order valence-corrected chi connectivity index (χ3v) is 1.87. The number of hydrogen-bond donors (Lipinski definition) is 1. The standard InChI is InChI=1S/C9H11F3N2/c1-14(2)7-5-3-4-6(8(7)13)9(10,11)12/h3-5H,13H2,1-2H3. The Morgan fingerprint density at radius 1 is 1.21 bits per heavy atom. The minimum Gasteiger partial charge on any atom is -0.397 e. The zero-order valence-corrected chi connectivity index (χ0v) is 7.89. The van der Waals surface area contributed by atoms with Crippen LogP contribution in [0.5, 0.6) is 0 Å². The first-order chi connectivity index (χ1) is 6.34. The van der Waals surface area contributed by atoms with Gasteiger partial charge in [-0.25, -0.2) is 0 Å². The third kappa shape index (κ3) is 1.92. The molecular formula is C9H11F3N2. The number of alkyl halides is 3. The van der Waals surface area contributed by atoms with Gasteiger partial charge in [0, 0.05) is 14.1 Å². The lowest BCUT2D eigenvalue weighted by molar-refractivity contribution is -0.136. The van der Waals surface area contributed by atoms with E-state index in [1.807, 2.05) is 0 Å². The van der Waals surface area contributed by atoms with Gasteiger partial charge in [0.1, 0.15) is 0 Å². The molecule has 0 saturated carbocycles. The lowest BCUT2D eigenvalue weighted by Crippen LogP contribution is -2.15. The summed E-state index contributed by atoms with van der Waals surface area (Å²) >= 11 is 0. The molecule has 0 bridgehead atoms. The van der Waals surface area contributed by atoms with Crippen LogP contribution in [0, 0.1) is 0 Å². The lowest BCUT2D eigenvalue weighted by Gasteiger charge is -2.18. The van der Waals surface area contributed by atoms with Crippen molar-refractivity contribution < 1.29 is 13.2 Å². The van der Waals surface area contributed by atoms with Gasteiger partial charge >= 0.3 is 6.18 Å². The highest BCUT2D eigenvalue weighted by Crippen LogP contribution is 2.37. The maximum Gasteiger partial charge on any atom is 0.418 e. The zero-order valence-electron chi connectivity index (χ0n) is 7.89. The van der Waals surface area contributed by atoms with Gasteiger partial charge in [-0.3, -0.25) is 0 Å². The topological polar surface area (TPSA) is 29.3 Å². The van der Waals surface area contributed by atoms with Crippen LogP contribution in [0.2, 0.25) is 0 Å². The summed E-state index contributed by atoms with van der Waals surface area (Å²) in [6.45, 7) is 0. The van der Waals surface area contributed by atoms with Gasteiger partial charge in [0.2, 0.25) is 0 Å². The molecule has 2 N–H and O–H groups in total. The van der Waals surface area contributed by atoms with Crippen molar-refractivity contribution in [3.05, 3.63) is 23.8 Å². The molecule has 0 unspecified atom stereocenters. The van der Waals surface area contributed by atoms with Gasteiger partial charge < -0.3 is 10.6 Å². The number of benzene rings is 1. The van der Waals surface area contributed by atoms with Crippen molar-refractivity contribution in [2.24, 2.45) is 0 Å². The van der Waals surface area contributed by atoms with Gasteiger partial charge in [-0.1, -0.05) is 6.07 Å². The second kappa shape index (κ2) is 3.40. The van der Waals surface area contributed by atoms with Gasteiger partial charge in [-0.2, -0.15) is 13.2 Å². The number of halogens is 3. The highest BCUT2D eigenvalue weighted by atomic mass is 19.4. The van der Waals surface area contributed by atoms with Gasteiger partial charge in [0.25, 0.3) is 0 Å². The Bertz CT molecular complexity index is 331. The summed E-state index contributed by atoms with van der Waals surface area (Å²) in [6.07, 6.45) is -4.39. The molecule has 2 nitrogen and oxygen atoms in total. The van der Waals surface area contributed by atoms with Crippen LogP contribution in [0.25, 0.3) is 0 Å². The number of rotatable bonds is 1. The maximum absolute atomic E-state index is 12.4. The van der Waals surface area contributed by atoms with E-state index in [0.29, 0.717) is 5.69 Å². The monoisotopic (exact) mass is 204 g/mol. The number of para-hydroxylation sites is 1. The number of anilines is 2. The average Bonchev–Trinajstić information content (AvgIpc) is 2.01.